The molecule has 1 saturated heterocycles. The van der Waals surface area contributed by atoms with Crippen LogP contribution in [0.3, 0.4) is 0 Å². The first-order valence-electron chi connectivity index (χ1n) is 10.4. The monoisotopic (exact) mass is 425 g/mol. The molecule has 0 radical (unpaired) electrons. The summed E-state index contributed by atoms with van der Waals surface area (Å²) in [5.41, 5.74) is -0.445. The average molecular weight is 425 g/mol. The molecule has 0 saturated carbocycles. The summed E-state index contributed by atoms with van der Waals surface area (Å²) in [6.45, 7) is 4.53. The number of nitrogens with one attached hydrogen (secondary N) is 2. The smallest absolute Gasteiger partial charge is 0.327 e. The number of unbranched alkanes of at least 4 members (excludes halogenated alkanes) is 1. The van der Waals surface area contributed by atoms with Crippen molar-refractivity contribution in [2.45, 2.75) is 51.7 Å². The molecule has 2 atom stereocenters. The van der Waals surface area contributed by atoms with Crippen LogP contribution in [0.5, 0.6) is 0 Å². The van der Waals surface area contributed by atoms with Crippen molar-refractivity contribution in [2.24, 2.45) is 0 Å². The molecule has 0 bridgehead atoms. The Labute approximate surface area is 180 Å². The molecular formula is C23H27N3O5. The molecule has 31 heavy (non-hydrogen) atoms. The molecule has 2 aromatic carbocycles. The first-order valence-corrected chi connectivity index (χ1v) is 10.4. The lowest BCUT2D eigenvalue weighted by molar-refractivity contribution is -0.155. The highest BCUT2D eigenvalue weighted by molar-refractivity contribution is 6.08. The molecule has 3 rings (SSSR count). The van der Waals surface area contributed by atoms with Gasteiger partial charge in [-0.3, -0.25) is 19.3 Å². The van der Waals surface area contributed by atoms with Crippen LogP contribution in [0.2, 0.25) is 0 Å². The summed E-state index contributed by atoms with van der Waals surface area (Å²) in [5.74, 6) is -1.80. The third kappa shape index (κ3) is 5.02. The summed E-state index contributed by atoms with van der Waals surface area (Å²) < 4.78 is 5.15. The van der Waals surface area contributed by atoms with Gasteiger partial charge in [-0.1, -0.05) is 50.1 Å². The van der Waals surface area contributed by atoms with Crippen molar-refractivity contribution in [2.75, 3.05) is 11.9 Å². The number of hydrogen-bond donors (Lipinski definition) is 2. The van der Waals surface area contributed by atoms with Crippen molar-refractivity contribution in [3.8, 4) is 0 Å². The summed E-state index contributed by atoms with van der Waals surface area (Å²) in [6.07, 6.45) is 1.05. The largest absolute Gasteiger partial charge is 0.451 e. The number of fused-ring (bicyclic) bond motifs is 1. The molecule has 8 nitrogen and oxygen atoms in total. The van der Waals surface area contributed by atoms with Crippen molar-refractivity contribution in [3.05, 3.63) is 42.5 Å². The average Bonchev–Trinajstić information content (AvgIpc) is 2.95. The number of nitrogens with zero attached hydrogens (tertiary/aromatic N) is 1. The minimum absolute atomic E-state index is 0.462. The zero-order chi connectivity index (χ0) is 22.6. The second-order valence-electron chi connectivity index (χ2n) is 7.94. The topological polar surface area (TPSA) is 105 Å². The summed E-state index contributed by atoms with van der Waals surface area (Å²) in [7, 11) is 0. The van der Waals surface area contributed by atoms with Crippen LogP contribution < -0.4 is 10.6 Å². The number of carbonyl (C=O) groups excluding carboxylic acids is 4. The van der Waals surface area contributed by atoms with E-state index in [1.165, 1.54) is 6.92 Å². The molecule has 0 spiro atoms. The highest BCUT2D eigenvalue weighted by atomic mass is 16.5. The Kier molecular flexibility index (Phi) is 6.58. The highest BCUT2D eigenvalue weighted by Gasteiger charge is 2.48. The van der Waals surface area contributed by atoms with Gasteiger partial charge in [0.2, 0.25) is 0 Å². The van der Waals surface area contributed by atoms with Crippen molar-refractivity contribution in [1.29, 1.82) is 0 Å². The molecule has 1 fully saturated rings. The number of urea groups is 1. The van der Waals surface area contributed by atoms with Crippen LogP contribution in [0.1, 0.15) is 40.0 Å². The molecule has 1 aliphatic rings. The van der Waals surface area contributed by atoms with Crippen molar-refractivity contribution >= 4 is 40.3 Å². The Morgan fingerprint density at radius 3 is 2.58 bits per heavy atom. The van der Waals surface area contributed by atoms with Gasteiger partial charge in [0, 0.05) is 5.69 Å². The second-order valence-corrected chi connectivity index (χ2v) is 7.94. The molecular weight excluding hydrogens is 398 g/mol. The molecule has 2 aromatic rings. The Morgan fingerprint density at radius 1 is 1.16 bits per heavy atom. The lowest BCUT2D eigenvalue weighted by Gasteiger charge is -2.21. The first-order chi connectivity index (χ1) is 14.7. The summed E-state index contributed by atoms with van der Waals surface area (Å²) in [5, 5.41) is 7.36. The molecule has 0 unspecified atom stereocenters. The number of hydrogen-bond acceptors (Lipinski definition) is 5. The van der Waals surface area contributed by atoms with E-state index in [1.54, 1.807) is 13.0 Å². The van der Waals surface area contributed by atoms with E-state index in [1.807, 2.05) is 43.3 Å². The van der Waals surface area contributed by atoms with E-state index in [2.05, 4.69) is 10.6 Å². The maximum absolute atomic E-state index is 12.6. The molecule has 164 valence electrons. The molecule has 1 heterocycles. The number of ether oxygens (including phenoxy) is 1. The fourth-order valence-corrected chi connectivity index (χ4v) is 3.52. The third-order valence-corrected chi connectivity index (χ3v) is 5.36. The van der Waals surface area contributed by atoms with E-state index in [9.17, 15) is 19.2 Å². The number of anilines is 1. The van der Waals surface area contributed by atoms with E-state index >= 15 is 0 Å². The van der Waals surface area contributed by atoms with Crippen LogP contribution in [0.25, 0.3) is 10.8 Å². The molecule has 1 aliphatic heterocycles. The standard InChI is InChI=1S/C23H27N3O5/c1-4-5-12-23(3)21(29)26(22(30)25-23)14-19(27)31-15(2)20(28)24-18-11-10-16-8-6-7-9-17(16)13-18/h6-11,13,15H,4-5,12,14H2,1-3H3,(H,24,28)(H,25,30)/t15-,23-/m1/s1. The third-order valence-electron chi connectivity index (χ3n) is 5.36. The van der Waals surface area contributed by atoms with Crippen LogP contribution >= 0.6 is 0 Å². The highest BCUT2D eigenvalue weighted by Crippen LogP contribution is 2.23. The fourth-order valence-electron chi connectivity index (χ4n) is 3.52. The summed E-state index contributed by atoms with van der Waals surface area (Å²) >= 11 is 0. The van der Waals surface area contributed by atoms with Gasteiger partial charge >= 0.3 is 12.0 Å². The van der Waals surface area contributed by atoms with Crippen molar-refractivity contribution in [1.82, 2.24) is 10.2 Å². The van der Waals surface area contributed by atoms with E-state index in [4.69, 9.17) is 4.74 Å². The maximum atomic E-state index is 12.6. The predicted molar refractivity (Wildman–Crippen MR) is 116 cm³/mol. The minimum atomic E-state index is -1.09. The SMILES string of the molecule is CCCC[C@@]1(C)NC(=O)N(CC(=O)O[C@H](C)C(=O)Nc2ccc3ccccc3c2)C1=O. The molecule has 0 aliphatic carbocycles. The van der Waals surface area contributed by atoms with Gasteiger partial charge in [-0.25, -0.2) is 4.79 Å². The lowest BCUT2D eigenvalue weighted by Crippen LogP contribution is -2.44. The predicted octanol–water partition coefficient (Wildman–Crippen LogP) is 3.21. The van der Waals surface area contributed by atoms with Crippen LogP contribution in [0, 0.1) is 0 Å². The normalized spacial score (nSPS) is 19.3. The van der Waals surface area contributed by atoms with Gasteiger partial charge in [-0.05, 0) is 43.2 Å². The quantitative estimate of drug-likeness (QED) is 0.499. The van der Waals surface area contributed by atoms with Gasteiger partial charge in [0.25, 0.3) is 11.8 Å². The Bertz CT molecular complexity index is 1020. The number of rotatable bonds is 8. The van der Waals surface area contributed by atoms with Gasteiger partial charge in [-0.15, -0.1) is 0 Å². The van der Waals surface area contributed by atoms with Crippen LogP contribution in [-0.2, 0) is 19.1 Å². The summed E-state index contributed by atoms with van der Waals surface area (Å²) in [4.78, 5) is 50.3. The van der Waals surface area contributed by atoms with Gasteiger partial charge < -0.3 is 15.4 Å². The number of carbonyl (C=O) groups is 4. The van der Waals surface area contributed by atoms with E-state index < -0.39 is 42.0 Å². The number of imide groups is 1. The fraction of sp³-hybridized carbons (Fsp3) is 0.391. The van der Waals surface area contributed by atoms with Gasteiger partial charge in [-0.2, -0.15) is 0 Å². The lowest BCUT2D eigenvalue weighted by atomic mass is 9.95. The van der Waals surface area contributed by atoms with Gasteiger partial charge in [0.1, 0.15) is 12.1 Å². The van der Waals surface area contributed by atoms with E-state index in [-0.39, 0.29) is 0 Å². The van der Waals surface area contributed by atoms with Crippen LogP contribution in [0.15, 0.2) is 42.5 Å². The second kappa shape index (κ2) is 9.16. The van der Waals surface area contributed by atoms with Crippen molar-refractivity contribution < 1.29 is 23.9 Å². The number of benzene rings is 2. The van der Waals surface area contributed by atoms with Crippen LogP contribution in [0.4, 0.5) is 10.5 Å². The van der Waals surface area contributed by atoms with Crippen molar-refractivity contribution in [3.63, 3.8) is 0 Å². The molecule has 4 amide bonds. The number of amides is 4. The maximum Gasteiger partial charge on any atom is 0.327 e. The minimum Gasteiger partial charge on any atom is -0.451 e. The Hall–Kier alpha value is -3.42. The zero-order valence-electron chi connectivity index (χ0n) is 17.9. The molecule has 8 heteroatoms. The molecule has 2 N–H and O–H groups in total. The molecule has 0 aromatic heterocycles. The van der Waals surface area contributed by atoms with E-state index in [0.717, 1.165) is 28.5 Å². The zero-order valence-corrected chi connectivity index (χ0v) is 17.9. The number of esters is 1. The van der Waals surface area contributed by atoms with Crippen LogP contribution in [-0.4, -0.2) is 46.9 Å². The first kappa shape index (κ1) is 22.3. The van der Waals surface area contributed by atoms with Gasteiger partial charge in [0.15, 0.2) is 6.10 Å². The van der Waals surface area contributed by atoms with Gasteiger partial charge in [0.05, 0.1) is 0 Å². The Morgan fingerprint density at radius 2 is 1.87 bits per heavy atom. The Balaban J connectivity index is 1.56. The van der Waals surface area contributed by atoms with E-state index in [0.29, 0.717) is 12.1 Å². The summed E-state index contributed by atoms with van der Waals surface area (Å²) in [6, 6.07) is 12.6.